The van der Waals surface area contributed by atoms with Crippen LogP contribution in [0.4, 0.5) is 0 Å². The molecule has 1 atom stereocenters. The van der Waals surface area contributed by atoms with E-state index in [4.69, 9.17) is 0 Å². The second kappa shape index (κ2) is 8.20. The highest BCUT2D eigenvalue weighted by Crippen LogP contribution is 2.09. The Morgan fingerprint density at radius 2 is 2.29 bits per heavy atom. The summed E-state index contributed by atoms with van der Waals surface area (Å²) in [7, 11) is 1.74. The summed E-state index contributed by atoms with van der Waals surface area (Å²) < 4.78 is 0. The van der Waals surface area contributed by atoms with E-state index in [1.807, 2.05) is 44.2 Å². The highest BCUT2D eigenvalue weighted by molar-refractivity contribution is 7.99. The number of carbonyl (C=O) groups is 1. The van der Waals surface area contributed by atoms with Crippen LogP contribution in [0.15, 0.2) is 35.9 Å². The average Bonchev–Trinajstić information content (AvgIpc) is 2.86. The number of rotatable bonds is 5. The molecule has 1 amide bonds. The second-order valence-electron chi connectivity index (χ2n) is 3.62. The SMILES string of the molecule is C\C=C/C=C([B]NC(=O)C1CSCN1)\C=C/C. The Morgan fingerprint density at radius 1 is 1.47 bits per heavy atom. The molecule has 17 heavy (non-hydrogen) atoms. The lowest BCUT2D eigenvalue weighted by atomic mass is 9.81. The van der Waals surface area contributed by atoms with Crippen LogP contribution in [0.5, 0.6) is 0 Å². The predicted molar refractivity (Wildman–Crippen MR) is 75.9 cm³/mol. The van der Waals surface area contributed by atoms with Gasteiger partial charge >= 0.3 is 0 Å². The molecule has 0 spiro atoms. The van der Waals surface area contributed by atoms with E-state index in [9.17, 15) is 4.79 Å². The van der Waals surface area contributed by atoms with Gasteiger partial charge in [0.05, 0.1) is 6.04 Å². The molecule has 0 aliphatic carbocycles. The Morgan fingerprint density at radius 3 is 2.88 bits per heavy atom. The molecule has 0 aromatic rings. The highest BCUT2D eigenvalue weighted by atomic mass is 32.2. The number of nitrogens with one attached hydrogen (secondary N) is 2. The van der Waals surface area contributed by atoms with Crippen LogP contribution in [0.1, 0.15) is 13.8 Å². The van der Waals surface area contributed by atoms with E-state index < -0.39 is 0 Å². The molecular formula is C12H18BN2OS. The largest absolute Gasteiger partial charge is 0.397 e. The number of amides is 1. The first-order chi connectivity index (χ1) is 8.27. The molecule has 1 unspecified atom stereocenters. The van der Waals surface area contributed by atoms with Crippen molar-refractivity contribution in [1.82, 2.24) is 10.5 Å². The molecule has 1 heterocycles. The van der Waals surface area contributed by atoms with Gasteiger partial charge in [-0.1, -0.05) is 35.9 Å². The molecular weight excluding hydrogens is 231 g/mol. The maximum atomic E-state index is 11.7. The first-order valence-corrected chi connectivity index (χ1v) is 6.83. The van der Waals surface area contributed by atoms with E-state index in [-0.39, 0.29) is 11.9 Å². The number of hydrogen-bond acceptors (Lipinski definition) is 3. The average molecular weight is 249 g/mol. The molecule has 1 rings (SSSR count). The molecule has 2 N–H and O–H groups in total. The zero-order valence-electron chi connectivity index (χ0n) is 10.3. The zero-order chi connectivity index (χ0) is 12.5. The molecule has 1 aliphatic heterocycles. The first kappa shape index (κ1) is 14.1. The van der Waals surface area contributed by atoms with Gasteiger partial charge < -0.3 is 5.23 Å². The van der Waals surface area contributed by atoms with Crippen LogP contribution >= 0.6 is 11.8 Å². The smallest absolute Gasteiger partial charge is 0.284 e. The Kier molecular flexibility index (Phi) is 6.81. The van der Waals surface area contributed by atoms with E-state index in [0.29, 0.717) is 0 Å². The third kappa shape index (κ3) is 5.28. The van der Waals surface area contributed by atoms with Gasteiger partial charge in [-0.3, -0.25) is 10.1 Å². The van der Waals surface area contributed by atoms with Gasteiger partial charge in [0.2, 0.25) is 5.91 Å². The van der Waals surface area contributed by atoms with E-state index in [1.165, 1.54) is 0 Å². The third-order valence-electron chi connectivity index (χ3n) is 2.25. The summed E-state index contributed by atoms with van der Waals surface area (Å²) in [6, 6.07) is -0.0650. The monoisotopic (exact) mass is 249 g/mol. The Hall–Kier alpha value is -0.935. The predicted octanol–water partition coefficient (Wildman–Crippen LogP) is 1.42. The van der Waals surface area contributed by atoms with Crippen molar-refractivity contribution < 1.29 is 4.79 Å². The minimum Gasteiger partial charge on any atom is -0.397 e. The van der Waals surface area contributed by atoms with Gasteiger partial charge in [-0.15, -0.1) is 11.8 Å². The van der Waals surface area contributed by atoms with Gasteiger partial charge in [-0.05, 0) is 13.8 Å². The lowest BCUT2D eigenvalue weighted by Gasteiger charge is -2.09. The van der Waals surface area contributed by atoms with E-state index in [1.54, 1.807) is 19.2 Å². The summed E-state index contributed by atoms with van der Waals surface area (Å²) in [5.41, 5.74) is 0.976. The van der Waals surface area contributed by atoms with Gasteiger partial charge in [-0.25, -0.2) is 0 Å². The first-order valence-electron chi connectivity index (χ1n) is 5.68. The molecule has 0 saturated carbocycles. The second-order valence-corrected chi connectivity index (χ2v) is 4.65. The molecule has 1 saturated heterocycles. The van der Waals surface area contributed by atoms with E-state index in [2.05, 4.69) is 10.5 Å². The number of carbonyl (C=O) groups excluding carboxylic acids is 1. The normalized spacial score (nSPS) is 21.3. The van der Waals surface area contributed by atoms with Gasteiger partial charge in [0.15, 0.2) is 0 Å². The minimum absolute atomic E-state index is 0.0332. The van der Waals surface area contributed by atoms with Gasteiger partial charge in [0.1, 0.15) is 0 Å². The van der Waals surface area contributed by atoms with Gasteiger partial charge in [-0.2, -0.15) is 0 Å². The van der Waals surface area contributed by atoms with Crippen LogP contribution < -0.4 is 10.5 Å². The molecule has 0 bridgehead atoms. The molecule has 0 aromatic heterocycles. The standard InChI is InChI=1S/C12H18BN2OS/c1-3-5-7-10(6-4-2)13-15-12(16)11-8-17-9-14-11/h3-7,11,14H,8-9H2,1-2H3,(H,15,16)/b5-3-,6-4-,10-7+. The molecule has 91 valence electrons. The van der Waals surface area contributed by atoms with E-state index in [0.717, 1.165) is 17.1 Å². The third-order valence-corrected chi connectivity index (χ3v) is 3.19. The Bertz CT molecular complexity index is 333. The lowest BCUT2D eigenvalue weighted by molar-refractivity contribution is -0.120. The summed E-state index contributed by atoms with van der Waals surface area (Å²) >= 11 is 1.74. The van der Waals surface area contributed by atoms with Crippen molar-refractivity contribution >= 4 is 25.1 Å². The van der Waals surface area contributed by atoms with Crippen molar-refractivity contribution in [1.29, 1.82) is 0 Å². The summed E-state index contributed by atoms with van der Waals surface area (Å²) in [6.45, 7) is 3.91. The number of allylic oxidation sites excluding steroid dienone is 6. The molecule has 1 aliphatic rings. The maximum Gasteiger partial charge on any atom is 0.284 e. The molecule has 5 heteroatoms. The topological polar surface area (TPSA) is 41.1 Å². The summed E-state index contributed by atoms with van der Waals surface area (Å²) in [6.07, 6.45) is 9.76. The van der Waals surface area contributed by atoms with Crippen LogP contribution in [0.3, 0.4) is 0 Å². The van der Waals surface area contributed by atoms with Crippen molar-refractivity contribution in [3.63, 3.8) is 0 Å². The zero-order valence-corrected chi connectivity index (χ0v) is 11.1. The van der Waals surface area contributed by atoms with Gasteiger partial charge in [0.25, 0.3) is 7.41 Å². The quantitative estimate of drug-likeness (QED) is 0.572. The summed E-state index contributed by atoms with van der Waals surface area (Å²) in [5.74, 6) is 1.73. The fourth-order valence-electron chi connectivity index (χ4n) is 1.37. The molecule has 3 nitrogen and oxygen atoms in total. The lowest BCUT2D eigenvalue weighted by Crippen LogP contribution is -2.43. The Balaban J connectivity index is 2.43. The minimum atomic E-state index is -0.0650. The molecule has 1 fully saturated rings. The van der Waals surface area contributed by atoms with Crippen LogP contribution in [0.2, 0.25) is 0 Å². The number of thioether (sulfide) groups is 1. The summed E-state index contributed by atoms with van der Waals surface area (Å²) in [4.78, 5) is 11.7. The fourth-order valence-corrected chi connectivity index (χ4v) is 2.31. The van der Waals surface area contributed by atoms with Crippen molar-refractivity contribution in [2.24, 2.45) is 0 Å². The summed E-state index contributed by atoms with van der Waals surface area (Å²) in [5, 5.41) is 5.96. The van der Waals surface area contributed by atoms with Crippen LogP contribution in [-0.2, 0) is 4.79 Å². The Labute approximate surface area is 108 Å². The van der Waals surface area contributed by atoms with Crippen molar-refractivity contribution in [2.75, 3.05) is 11.6 Å². The van der Waals surface area contributed by atoms with Crippen LogP contribution in [0.25, 0.3) is 0 Å². The highest BCUT2D eigenvalue weighted by Gasteiger charge is 2.21. The van der Waals surface area contributed by atoms with Crippen LogP contribution in [-0.4, -0.2) is 31.0 Å². The fraction of sp³-hybridized carbons (Fsp3) is 0.417. The van der Waals surface area contributed by atoms with E-state index >= 15 is 0 Å². The number of hydrogen-bond donors (Lipinski definition) is 2. The van der Waals surface area contributed by atoms with Crippen molar-refractivity contribution in [3.05, 3.63) is 35.9 Å². The molecule has 0 aromatic carbocycles. The molecule has 1 radical (unpaired) electrons. The van der Waals surface area contributed by atoms with Crippen molar-refractivity contribution in [3.8, 4) is 0 Å². The maximum absolute atomic E-state index is 11.7. The van der Waals surface area contributed by atoms with Crippen molar-refractivity contribution in [2.45, 2.75) is 19.9 Å². The van der Waals surface area contributed by atoms with Gasteiger partial charge in [0, 0.05) is 11.6 Å². The van der Waals surface area contributed by atoms with Crippen LogP contribution in [0, 0.1) is 0 Å².